The molecule has 0 aromatic heterocycles. The molecule has 1 rings (SSSR count). The van der Waals surface area contributed by atoms with Crippen LogP contribution in [0.25, 0.3) is 0 Å². The first-order valence-electron chi connectivity index (χ1n) is 5.88. The number of halogens is 1. The average molecular weight is 254 g/mol. The standard InChI is InChI=1S/C13H19FN2O2/c1-9(2)16-7-10-5-4-6-11(14)13(10)18-8-12(17)15-3/h4-6,9,16H,7-8H2,1-3H3,(H,15,17). The first-order chi connectivity index (χ1) is 8.54. The lowest BCUT2D eigenvalue weighted by atomic mass is 10.2. The molecule has 0 aliphatic carbocycles. The van der Waals surface area contributed by atoms with Gasteiger partial charge >= 0.3 is 0 Å². The zero-order chi connectivity index (χ0) is 13.5. The van der Waals surface area contributed by atoms with Crippen LogP contribution in [0.4, 0.5) is 4.39 Å². The SMILES string of the molecule is CNC(=O)COc1c(F)cccc1CNC(C)C. The third-order valence-corrected chi connectivity index (χ3v) is 2.38. The second kappa shape index (κ2) is 6.96. The molecule has 2 N–H and O–H groups in total. The number of nitrogens with one attached hydrogen (secondary N) is 2. The molecular formula is C13H19FN2O2. The van der Waals surface area contributed by atoms with Crippen molar-refractivity contribution in [1.29, 1.82) is 0 Å². The molecule has 1 amide bonds. The average Bonchev–Trinajstić information content (AvgIpc) is 2.34. The predicted octanol–water partition coefficient (Wildman–Crippen LogP) is 1.45. The number of carbonyl (C=O) groups excluding carboxylic acids is 1. The highest BCUT2D eigenvalue weighted by Gasteiger charge is 2.11. The Morgan fingerprint density at radius 3 is 2.78 bits per heavy atom. The maximum atomic E-state index is 13.6. The summed E-state index contributed by atoms with van der Waals surface area (Å²) in [6, 6.07) is 5.01. The van der Waals surface area contributed by atoms with E-state index in [4.69, 9.17) is 4.74 Å². The fraction of sp³-hybridized carbons (Fsp3) is 0.462. The maximum Gasteiger partial charge on any atom is 0.257 e. The van der Waals surface area contributed by atoms with E-state index in [1.807, 2.05) is 13.8 Å². The zero-order valence-electron chi connectivity index (χ0n) is 10.9. The number of amides is 1. The molecule has 0 fully saturated rings. The molecule has 1 aromatic carbocycles. The molecule has 4 nitrogen and oxygen atoms in total. The minimum absolute atomic E-state index is 0.134. The van der Waals surface area contributed by atoms with Gasteiger partial charge in [-0.15, -0.1) is 0 Å². The molecule has 0 unspecified atom stereocenters. The van der Waals surface area contributed by atoms with E-state index in [-0.39, 0.29) is 18.3 Å². The molecule has 0 aliphatic heterocycles. The van der Waals surface area contributed by atoms with Crippen molar-refractivity contribution in [3.8, 4) is 5.75 Å². The molecule has 0 bridgehead atoms. The van der Waals surface area contributed by atoms with Crippen LogP contribution in [-0.2, 0) is 11.3 Å². The Kier molecular flexibility index (Phi) is 5.58. The van der Waals surface area contributed by atoms with E-state index in [1.54, 1.807) is 12.1 Å². The fourth-order valence-corrected chi connectivity index (χ4v) is 1.38. The molecule has 0 spiro atoms. The summed E-state index contributed by atoms with van der Waals surface area (Å²) in [5.74, 6) is -0.614. The molecule has 0 saturated carbocycles. The highest BCUT2D eigenvalue weighted by Crippen LogP contribution is 2.22. The summed E-state index contributed by atoms with van der Waals surface area (Å²) in [4.78, 5) is 11.1. The largest absolute Gasteiger partial charge is 0.480 e. The smallest absolute Gasteiger partial charge is 0.257 e. The van der Waals surface area contributed by atoms with Crippen LogP contribution in [0.15, 0.2) is 18.2 Å². The highest BCUT2D eigenvalue weighted by atomic mass is 19.1. The minimum Gasteiger partial charge on any atom is -0.480 e. The Hall–Kier alpha value is -1.62. The Labute approximate surface area is 107 Å². The Balaban J connectivity index is 2.76. The monoisotopic (exact) mass is 254 g/mol. The number of hydrogen-bond acceptors (Lipinski definition) is 3. The van der Waals surface area contributed by atoms with Gasteiger partial charge in [0.15, 0.2) is 18.2 Å². The van der Waals surface area contributed by atoms with Gasteiger partial charge in [0.1, 0.15) is 0 Å². The van der Waals surface area contributed by atoms with Crippen molar-refractivity contribution in [2.45, 2.75) is 26.4 Å². The summed E-state index contributed by atoms with van der Waals surface area (Å²) in [5, 5.41) is 5.61. The van der Waals surface area contributed by atoms with E-state index in [0.717, 1.165) is 0 Å². The van der Waals surface area contributed by atoms with Crippen molar-refractivity contribution >= 4 is 5.91 Å². The second-order valence-electron chi connectivity index (χ2n) is 4.23. The van der Waals surface area contributed by atoms with Crippen LogP contribution in [0.5, 0.6) is 5.75 Å². The lowest BCUT2D eigenvalue weighted by Crippen LogP contribution is -2.26. The summed E-state index contributed by atoms with van der Waals surface area (Å²) >= 11 is 0. The zero-order valence-corrected chi connectivity index (χ0v) is 10.9. The van der Waals surface area contributed by atoms with Gasteiger partial charge in [-0.25, -0.2) is 4.39 Å². The predicted molar refractivity (Wildman–Crippen MR) is 67.9 cm³/mol. The minimum atomic E-state index is -0.457. The molecule has 5 heteroatoms. The lowest BCUT2D eigenvalue weighted by molar-refractivity contribution is -0.122. The fourth-order valence-electron chi connectivity index (χ4n) is 1.38. The molecule has 0 saturated heterocycles. The maximum absolute atomic E-state index is 13.6. The molecule has 0 radical (unpaired) electrons. The highest BCUT2D eigenvalue weighted by molar-refractivity contribution is 5.77. The van der Waals surface area contributed by atoms with Crippen molar-refractivity contribution < 1.29 is 13.9 Å². The number of para-hydroxylation sites is 1. The molecule has 100 valence electrons. The van der Waals surface area contributed by atoms with Gasteiger partial charge in [0, 0.05) is 25.2 Å². The number of benzene rings is 1. The van der Waals surface area contributed by atoms with E-state index in [1.165, 1.54) is 13.1 Å². The van der Waals surface area contributed by atoms with E-state index < -0.39 is 5.82 Å². The molecule has 1 aromatic rings. The first kappa shape index (κ1) is 14.4. The number of carbonyl (C=O) groups is 1. The van der Waals surface area contributed by atoms with Crippen LogP contribution in [0, 0.1) is 5.82 Å². The Bertz CT molecular complexity index is 408. The van der Waals surface area contributed by atoms with Crippen LogP contribution in [-0.4, -0.2) is 25.6 Å². The number of rotatable bonds is 6. The first-order valence-corrected chi connectivity index (χ1v) is 5.88. The van der Waals surface area contributed by atoms with Gasteiger partial charge in [-0.3, -0.25) is 4.79 Å². The van der Waals surface area contributed by atoms with Gasteiger partial charge in [0.2, 0.25) is 0 Å². The molecule has 18 heavy (non-hydrogen) atoms. The summed E-state index contributed by atoms with van der Waals surface area (Å²) in [6.07, 6.45) is 0. The van der Waals surface area contributed by atoms with Crippen LogP contribution >= 0.6 is 0 Å². The van der Waals surface area contributed by atoms with Gasteiger partial charge < -0.3 is 15.4 Å². The van der Waals surface area contributed by atoms with Gasteiger partial charge in [-0.2, -0.15) is 0 Å². The van der Waals surface area contributed by atoms with Gasteiger partial charge in [0.05, 0.1) is 0 Å². The third-order valence-electron chi connectivity index (χ3n) is 2.38. The van der Waals surface area contributed by atoms with Crippen molar-refractivity contribution in [2.75, 3.05) is 13.7 Å². The summed E-state index contributed by atoms with van der Waals surface area (Å²) in [7, 11) is 1.51. The number of likely N-dealkylation sites (N-methyl/N-ethyl adjacent to an activating group) is 1. The topological polar surface area (TPSA) is 50.4 Å². The van der Waals surface area contributed by atoms with Crippen molar-refractivity contribution in [3.05, 3.63) is 29.6 Å². The third kappa shape index (κ3) is 4.33. The lowest BCUT2D eigenvalue weighted by Gasteiger charge is -2.14. The summed E-state index contributed by atoms with van der Waals surface area (Å²) in [6.45, 7) is 4.32. The number of ether oxygens (including phenoxy) is 1. The van der Waals surface area contributed by atoms with Crippen molar-refractivity contribution in [1.82, 2.24) is 10.6 Å². The summed E-state index contributed by atoms with van der Waals surface area (Å²) < 4.78 is 18.9. The van der Waals surface area contributed by atoms with Crippen LogP contribution in [0.1, 0.15) is 19.4 Å². The second-order valence-corrected chi connectivity index (χ2v) is 4.23. The molecule has 0 atom stereocenters. The Morgan fingerprint density at radius 2 is 2.17 bits per heavy atom. The van der Waals surface area contributed by atoms with Gasteiger partial charge in [0.25, 0.3) is 5.91 Å². The van der Waals surface area contributed by atoms with E-state index >= 15 is 0 Å². The van der Waals surface area contributed by atoms with Gasteiger partial charge in [-0.05, 0) is 6.07 Å². The van der Waals surface area contributed by atoms with E-state index in [2.05, 4.69) is 10.6 Å². The molecule has 0 heterocycles. The van der Waals surface area contributed by atoms with Crippen LogP contribution < -0.4 is 15.4 Å². The van der Waals surface area contributed by atoms with Crippen LogP contribution in [0.2, 0.25) is 0 Å². The summed E-state index contributed by atoms with van der Waals surface area (Å²) in [5.41, 5.74) is 0.701. The van der Waals surface area contributed by atoms with Crippen LogP contribution in [0.3, 0.4) is 0 Å². The van der Waals surface area contributed by atoms with Gasteiger partial charge in [-0.1, -0.05) is 26.0 Å². The molecular weight excluding hydrogens is 235 g/mol. The normalized spacial score (nSPS) is 10.5. The Morgan fingerprint density at radius 1 is 1.44 bits per heavy atom. The molecule has 0 aliphatic rings. The van der Waals surface area contributed by atoms with E-state index in [0.29, 0.717) is 18.2 Å². The number of hydrogen-bond donors (Lipinski definition) is 2. The quantitative estimate of drug-likeness (QED) is 0.808. The van der Waals surface area contributed by atoms with Crippen molar-refractivity contribution in [3.63, 3.8) is 0 Å². The van der Waals surface area contributed by atoms with Crippen molar-refractivity contribution in [2.24, 2.45) is 0 Å². The van der Waals surface area contributed by atoms with E-state index in [9.17, 15) is 9.18 Å².